The molecule has 1 amide bonds. The Morgan fingerprint density at radius 2 is 2.28 bits per heavy atom. The van der Waals surface area contributed by atoms with Crippen LogP contribution < -0.4 is 10.6 Å². The van der Waals surface area contributed by atoms with Gasteiger partial charge in [-0.15, -0.1) is 0 Å². The predicted molar refractivity (Wildman–Crippen MR) is 68.2 cm³/mol. The Bertz CT molecular complexity index is 492. The number of nitrogens with one attached hydrogen (secondary N) is 3. The molecule has 0 aromatic carbocycles. The molecule has 0 fully saturated rings. The van der Waals surface area contributed by atoms with Crippen LogP contribution in [0.25, 0.3) is 0 Å². The number of H-pyrrole nitrogens is 1. The Labute approximate surface area is 105 Å². The van der Waals surface area contributed by atoms with Crippen LogP contribution >= 0.6 is 0 Å². The number of imidazole rings is 1. The van der Waals surface area contributed by atoms with Crippen molar-refractivity contribution in [3.63, 3.8) is 0 Å². The van der Waals surface area contributed by atoms with Gasteiger partial charge in [0.05, 0.1) is 12.1 Å². The van der Waals surface area contributed by atoms with Crippen molar-refractivity contribution < 1.29 is 4.79 Å². The van der Waals surface area contributed by atoms with Crippen LogP contribution in [0.5, 0.6) is 0 Å². The van der Waals surface area contributed by atoms with Crippen molar-refractivity contribution >= 4 is 11.7 Å². The van der Waals surface area contributed by atoms with Crippen molar-refractivity contribution in [1.29, 1.82) is 0 Å². The van der Waals surface area contributed by atoms with Gasteiger partial charge in [-0.05, 0) is 19.1 Å². The van der Waals surface area contributed by atoms with Crippen molar-refractivity contribution in [3.05, 3.63) is 42.1 Å². The van der Waals surface area contributed by atoms with E-state index in [0.29, 0.717) is 12.1 Å². The average Bonchev–Trinajstić information content (AvgIpc) is 2.90. The van der Waals surface area contributed by atoms with Gasteiger partial charge >= 0.3 is 0 Å². The zero-order valence-corrected chi connectivity index (χ0v) is 10.1. The van der Waals surface area contributed by atoms with E-state index in [1.165, 1.54) is 0 Å². The summed E-state index contributed by atoms with van der Waals surface area (Å²) in [5.74, 6) is 1.32. The molecule has 0 saturated carbocycles. The molecule has 0 atom stereocenters. The van der Waals surface area contributed by atoms with Gasteiger partial charge in [-0.2, -0.15) is 0 Å². The number of hydrogen-bond donors (Lipinski definition) is 3. The van der Waals surface area contributed by atoms with E-state index < -0.39 is 0 Å². The standard InChI is InChI=1S/C12H15N5O/c1-2-13-10-4-3-9(7-16-10)12(18)17-8-11-14-5-6-15-11/h3-7H,2,8H2,1H3,(H,13,16)(H,14,15)(H,17,18). The number of aromatic nitrogens is 3. The number of carbonyl (C=O) groups excluding carboxylic acids is 1. The monoisotopic (exact) mass is 245 g/mol. The number of carbonyl (C=O) groups is 1. The van der Waals surface area contributed by atoms with Gasteiger partial charge in [-0.1, -0.05) is 0 Å². The lowest BCUT2D eigenvalue weighted by Gasteiger charge is -2.05. The van der Waals surface area contributed by atoms with E-state index in [0.717, 1.165) is 18.2 Å². The van der Waals surface area contributed by atoms with Gasteiger partial charge in [-0.25, -0.2) is 9.97 Å². The normalized spacial score (nSPS) is 10.1. The van der Waals surface area contributed by atoms with Crippen LogP contribution in [-0.4, -0.2) is 27.4 Å². The highest BCUT2D eigenvalue weighted by Gasteiger charge is 2.06. The van der Waals surface area contributed by atoms with Crippen LogP contribution in [-0.2, 0) is 6.54 Å². The summed E-state index contributed by atoms with van der Waals surface area (Å²) in [4.78, 5) is 22.9. The second-order valence-corrected chi connectivity index (χ2v) is 3.68. The molecule has 18 heavy (non-hydrogen) atoms. The van der Waals surface area contributed by atoms with Gasteiger partial charge in [0, 0.05) is 25.1 Å². The SMILES string of the molecule is CCNc1ccc(C(=O)NCc2ncc[nH]2)cn1. The first-order chi connectivity index (χ1) is 8.79. The maximum atomic E-state index is 11.8. The number of hydrogen-bond acceptors (Lipinski definition) is 4. The van der Waals surface area contributed by atoms with E-state index in [4.69, 9.17) is 0 Å². The van der Waals surface area contributed by atoms with Crippen molar-refractivity contribution in [1.82, 2.24) is 20.3 Å². The van der Waals surface area contributed by atoms with Crippen molar-refractivity contribution in [2.75, 3.05) is 11.9 Å². The molecule has 0 unspecified atom stereocenters. The minimum Gasteiger partial charge on any atom is -0.370 e. The zero-order chi connectivity index (χ0) is 12.8. The summed E-state index contributed by atoms with van der Waals surface area (Å²) >= 11 is 0. The summed E-state index contributed by atoms with van der Waals surface area (Å²) < 4.78 is 0. The topological polar surface area (TPSA) is 82.7 Å². The Morgan fingerprint density at radius 1 is 1.39 bits per heavy atom. The third kappa shape index (κ3) is 3.07. The number of nitrogens with zero attached hydrogens (tertiary/aromatic N) is 2. The van der Waals surface area contributed by atoms with E-state index in [1.54, 1.807) is 30.7 Å². The lowest BCUT2D eigenvalue weighted by atomic mass is 10.2. The highest BCUT2D eigenvalue weighted by molar-refractivity contribution is 5.93. The van der Waals surface area contributed by atoms with Gasteiger partial charge in [0.25, 0.3) is 5.91 Å². The maximum absolute atomic E-state index is 11.8. The fourth-order valence-corrected chi connectivity index (χ4v) is 1.47. The quantitative estimate of drug-likeness (QED) is 0.738. The van der Waals surface area contributed by atoms with Gasteiger partial charge < -0.3 is 15.6 Å². The molecule has 0 radical (unpaired) electrons. The van der Waals surface area contributed by atoms with E-state index in [-0.39, 0.29) is 5.91 Å². The van der Waals surface area contributed by atoms with Crippen molar-refractivity contribution in [2.24, 2.45) is 0 Å². The van der Waals surface area contributed by atoms with Crippen LogP contribution in [0.1, 0.15) is 23.1 Å². The minimum atomic E-state index is -0.165. The second-order valence-electron chi connectivity index (χ2n) is 3.68. The Hall–Kier alpha value is -2.37. The molecule has 2 aromatic rings. The number of rotatable bonds is 5. The number of anilines is 1. The number of aromatic amines is 1. The molecule has 0 saturated heterocycles. The van der Waals surface area contributed by atoms with Gasteiger partial charge in [0.1, 0.15) is 11.6 Å². The molecule has 2 aromatic heterocycles. The molecular weight excluding hydrogens is 230 g/mol. The van der Waals surface area contributed by atoms with Crippen molar-refractivity contribution in [3.8, 4) is 0 Å². The molecule has 94 valence electrons. The summed E-state index contributed by atoms with van der Waals surface area (Å²) in [6, 6.07) is 3.52. The smallest absolute Gasteiger partial charge is 0.253 e. The molecule has 2 rings (SSSR count). The summed E-state index contributed by atoms with van der Waals surface area (Å²) in [6.45, 7) is 3.17. The molecule has 6 heteroatoms. The Kier molecular flexibility index (Phi) is 3.90. The predicted octanol–water partition coefficient (Wildman–Crippen LogP) is 1.17. The zero-order valence-electron chi connectivity index (χ0n) is 10.1. The first-order valence-electron chi connectivity index (χ1n) is 5.76. The molecule has 0 aliphatic heterocycles. The van der Waals surface area contributed by atoms with E-state index in [1.807, 2.05) is 6.92 Å². The minimum absolute atomic E-state index is 0.165. The highest BCUT2D eigenvalue weighted by Crippen LogP contribution is 2.04. The van der Waals surface area contributed by atoms with Crippen LogP contribution in [0.15, 0.2) is 30.7 Å². The molecule has 0 spiro atoms. The van der Waals surface area contributed by atoms with Crippen LogP contribution in [0.4, 0.5) is 5.82 Å². The first kappa shape index (κ1) is 12.1. The third-order valence-corrected chi connectivity index (χ3v) is 2.35. The molecular formula is C12H15N5O. The van der Waals surface area contributed by atoms with E-state index >= 15 is 0 Å². The number of pyridine rings is 1. The third-order valence-electron chi connectivity index (χ3n) is 2.35. The Morgan fingerprint density at radius 3 is 2.89 bits per heavy atom. The molecule has 0 aliphatic rings. The van der Waals surface area contributed by atoms with Crippen molar-refractivity contribution in [2.45, 2.75) is 13.5 Å². The molecule has 6 nitrogen and oxygen atoms in total. The first-order valence-corrected chi connectivity index (χ1v) is 5.76. The largest absolute Gasteiger partial charge is 0.370 e. The molecule has 0 aliphatic carbocycles. The lowest BCUT2D eigenvalue weighted by molar-refractivity contribution is 0.0949. The van der Waals surface area contributed by atoms with Crippen LogP contribution in [0.2, 0.25) is 0 Å². The second kappa shape index (κ2) is 5.81. The van der Waals surface area contributed by atoms with Gasteiger partial charge in [-0.3, -0.25) is 4.79 Å². The fraction of sp³-hybridized carbons (Fsp3) is 0.250. The summed E-state index contributed by atoms with van der Waals surface area (Å²) in [6.07, 6.45) is 4.91. The lowest BCUT2D eigenvalue weighted by Crippen LogP contribution is -2.23. The number of amides is 1. The fourth-order valence-electron chi connectivity index (χ4n) is 1.47. The van der Waals surface area contributed by atoms with Crippen LogP contribution in [0, 0.1) is 0 Å². The molecule has 0 bridgehead atoms. The van der Waals surface area contributed by atoms with E-state index in [9.17, 15) is 4.79 Å². The summed E-state index contributed by atoms with van der Waals surface area (Å²) in [5.41, 5.74) is 0.531. The molecule has 3 N–H and O–H groups in total. The summed E-state index contributed by atoms with van der Waals surface area (Å²) in [7, 11) is 0. The van der Waals surface area contributed by atoms with Crippen LogP contribution in [0.3, 0.4) is 0 Å². The Balaban J connectivity index is 1.92. The summed E-state index contributed by atoms with van der Waals surface area (Å²) in [5, 5.41) is 5.83. The maximum Gasteiger partial charge on any atom is 0.253 e. The van der Waals surface area contributed by atoms with E-state index in [2.05, 4.69) is 25.6 Å². The van der Waals surface area contributed by atoms with Gasteiger partial charge in [0.15, 0.2) is 0 Å². The van der Waals surface area contributed by atoms with Gasteiger partial charge in [0.2, 0.25) is 0 Å². The highest BCUT2D eigenvalue weighted by atomic mass is 16.1. The molecule has 2 heterocycles. The average molecular weight is 245 g/mol.